The highest BCUT2D eigenvalue weighted by molar-refractivity contribution is 7.17. The number of thiophene rings is 1. The van der Waals surface area contributed by atoms with Gasteiger partial charge in [-0.25, -0.2) is 14.2 Å². The van der Waals surface area contributed by atoms with E-state index in [0.29, 0.717) is 26.2 Å². The van der Waals surface area contributed by atoms with Crippen LogP contribution in [0.2, 0.25) is 0 Å². The van der Waals surface area contributed by atoms with Crippen LogP contribution in [0.5, 0.6) is 0 Å². The molecule has 2 aliphatic heterocycles. The Labute approximate surface area is 197 Å². The van der Waals surface area contributed by atoms with Gasteiger partial charge < -0.3 is 24.8 Å². The minimum atomic E-state index is -4.67. The number of carbonyl (C=O) groups is 2. The number of anilines is 1. The molecule has 4 rings (SSSR count). The van der Waals surface area contributed by atoms with Crippen LogP contribution in [0, 0.1) is 0 Å². The second-order valence-corrected chi connectivity index (χ2v) is 9.27. The lowest BCUT2D eigenvalue weighted by atomic mass is 10.1. The summed E-state index contributed by atoms with van der Waals surface area (Å²) in [6, 6.07) is 0.885. The first kappa shape index (κ1) is 24.5. The average Bonchev–Trinajstić information content (AvgIpc) is 3.23. The smallest absolute Gasteiger partial charge is 0.417 e. The predicted octanol–water partition coefficient (Wildman–Crippen LogP) is 2.98. The molecule has 0 radical (unpaired) electrons. The van der Waals surface area contributed by atoms with Crippen molar-refractivity contribution in [3.8, 4) is 0 Å². The number of ether oxygens (including phenoxy) is 1. The highest BCUT2D eigenvalue weighted by Crippen LogP contribution is 2.40. The van der Waals surface area contributed by atoms with E-state index in [4.69, 9.17) is 4.74 Å². The maximum atomic E-state index is 15.0. The zero-order valence-corrected chi connectivity index (χ0v) is 19.5. The molecule has 2 saturated heterocycles. The molecular formula is C21H25F4N5O3S. The number of amides is 2. The number of alkyl halides is 4. The Morgan fingerprint density at radius 1 is 1.21 bits per heavy atom. The SMILES string of the molecule is CNC(=O)c1csc2c(C(F)(F)F)cc(N3CC[C@@H](OC(=O)N4CCN(C)CC4)[C@H](F)C3)nc12. The molecule has 2 amide bonds. The van der Waals surface area contributed by atoms with E-state index in [1.54, 1.807) is 0 Å². The van der Waals surface area contributed by atoms with E-state index >= 15 is 0 Å². The summed E-state index contributed by atoms with van der Waals surface area (Å²) in [5.41, 5.74) is -0.970. The van der Waals surface area contributed by atoms with E-state index < -0.39 is 36.0 Å². The number of nitrogens with zero attached hydrogens (tertiary/aromatic N) is 4. The highest BCUT2D eigenvalue weighted by Gasteiger charge is 2.38. The summed E-state index contributed by atoms with van der Waals surface area (Å²) >= 11 is 0.787. The van der Waals surface area contributed by atoms with Gasteiger partial charge in [0.2, 0.25) is 0 Å². The Balaban J connectivity index is 1.53. The van der Waals surface area contributed by atoms with Crippen LogP contribution >= 0.6 is 11.3 Å². The number of halogens is 4. The van der Waals surface area contributed by atoms with Crippen molar-refractivity contribution < 1.29 is 31.9 Å². The lowest BCUT2D eigenvalue weighted by molar-refractivity contribution is -0.136. The number of rotatable bonds is 3. The summed E-state index contributed by atoms with van der Waals surface area (Å²) in [7, 11) is 3.32. The fourth-order valence-electron chi connectivity index (χ4n) is 4.08. The molecule has 8 nitrogen and oxygen atoms in total. The number of carbonyl (C=O) groups excluding carboxylic acids is 2. The first-order valence-corrected chi connectivity index (χ1v) is 11.7. The largest absolute Gasteiger partial charge is 0.443 e. The number of fused-ring (bicyclic) bond motifs is 1. The van der Waals surface area contributed by atoms with Crippen molar-refractivity contribution in [2.45, 2.75) is 24.9 Å². The summed E-state index contributed by atoms with van der Waals surface area (Å²) in [4.78, 5) is 33.8. The number of aromatic nitrogens is 1. The Morgan fingerprint density at radius 3 is 2.53 bits per heavy atom. The topological polar surface area (TPSA) is 78.0 Å². The van der Waals surface area contributed by atoms with Gasteiger partial charge in [-0.15, -0.1) is 11.3 Å². The third-order valence-electron chi connectivity index (χ3n) is 6.11. The number of piperazine rings is 1. The Hall–Kier alpha value is -2.67. The van der Waals surface area contributed by atoms with Gasteiger partial charge in [0.05, 0.1) is 27.9 Å². The second kappa shape index (κ2) is 9.53. The minimum absolute atomic E-state index is 0.0302. The van der Waals surface area contributed by atoms with Gasteiger partial charge in [0.15, 0.2) is 6.17 Å². The third-order valence-corrected chi connectivity index (χ3v) is 7.11. The van der Waals surface area contributed by atoms with Crippen LogP contribution in [-0.2, 0) is 10.9 Å². The van der Waals surface area contributed by atoms with Crippen LogP contribution in [0.3, 0.4) is 0 Å². The maximum absolute atomic E-state index is 15.0. The van der Waals surface area contributed by atoms with Gasteiger partial charge in [-0.1, -0.05) is 0 Å². The minimum Gasteiger partial charge on any atom is -0.443 e. The molecule has 4 heterocycles. The van der Waals surface area contributed by atoms with Crippen molar-refractivity contribution in [1.29, 1.82) is 0 Å². The summed E-state index contributed by atoms with van der Waals surface area (Å²) in [5, 5.41) is 3.73. The molecule has 186 valence electrons. The van der Waals surface area contributed by atoms with Crippen LogP contribution in [0.15, 0.2) is 11.4 Å². The zero-order valence-electron chi connectivity index (χ0n) is 18.7. The zero-order chi connectivity index (χ0) is 24.6. The van der Waals surface area contributed by atoms with Crippen molar-refractivity contribution in [3.63, 3.8) is 0 Å². The quantitative estimate of drug-likeness (QED) is 0.649. The maximum Gasteiger partial charge on any atom is 0.417 e. The number of hydrogen-bond donors (Lipinski definition) is 1. The molecule has 0 aromatic carbocycles. The number of hydrogen-bond acceptors (Lipinski definition) is 7. The second-order valence-electron chi connectivity index (χ2n) is 8.40. The summed E-state index contributed by atoms with van der Waals surface area (Å²) in [6.45, 7) is 2.24. The number of pyridine rings is 1. The van der Waals surface area contributed by atoms with Crippen LogP contribution in [-0.4, -0.2) is 92.4 Å². The molecular weight excluding hydrogens is 478 g/mol. The van der Waals surface area contributed by atoms with E-state index in [2.05, 4.69) is 15.2 Å². The molecule has 0 bridgehead atoms. The van der Waals surface area contributed by atoms with E-state index in [0.717, 1.165) is 17.4 Å². The number of piperidine rings is 1. The standard InChI is InChI=1S/C21H25F4N5O3S/c1-26-19(31)12-11-34-18-13(21(23,24)25)9-16(27-17(12)18)30-4-3-15(14(22)10-30)33-20(32)29-7-5-28(2)6-8-29/h9,11,14-15H,3-8,10H2,1-2H3,(H,26,31)/t14-,15-/m1/s1. The van der Waals surface area contributed by atoms with E-state index in [1.165, 1.54) is 22.2 Å². The van der Waals surface area contributed by atoms with Crippen molar-refractivity contribution in [3.05, 3.63) is 22.6 Å². The van der Waals surface area contributed by atoms with E-state index in [-0.39, 0.29) is 41.1 Å². The molecule has 2 fully saturated rings. The Morgan fingerprint density at radius 2 is 1.91 bits per heavy atom. The van der Waals surface area contributed by atoms with Crippen LogP contribution < -0.4 is 10.2 Å². The lowest BCUT2D eigenvalue weighted by Crippen LogP contribution is -2.51. The molecule has 0 spiro atoms. The summed E-state index contributed by atoms with van der Waals surface area (Å²) in [6.07, 6.45) is -7.74. The van der Waals surface area contributed by atoms with Crippen LogP contribution in [0.1, 0.15) is 22.3 Å². The molecule has 34 heavy (non-hydrogen) atoms. The average molecular weight is 504 g/mol. The first-order chi connectivity index (χ1) is 16.1. The lowest BCUT2D eigenvalue weighted by Gasteiger charge is -2.37. The van der Waals surface area contributed by atoms with E-state index in [9.17, 15) is 27.2 Å². The van der Waals surface area contributed by atoms with E-state index in [1.807, 2.05) is 7.05 Å². The van der Waals surface area contributed by atoms with Gasteiger partial charge >= 0.3 is 12.3 Å². The third kappa shape index (κ3) is 4.90. The molecule has 2 atom stereocenters. The summed E-state index contributed by atoms with van der Waals surface area (Å²) < 4.78 is 61.5. The van der Waals surface area contributed by atoms with Crippen LogP contribution in [0.25, 0.3) is 10.2 Å². The van der Waals surface area contributed by atoms with Crippen molar-refractivity contribution in [2.24, 2.45) is 0 Å². The number of likely N-dealkylation sites (N-methyl/N-ethyl adjacent to an activating group) is 1. The fourth-order valence-corrected chi connectivity index (χ4v) is 5.10. The molecule has 13 heteroatoms. The van der Waals surface area contributed by atoms with Crippen molar-refractivity contribution >= 4 is 39.4 Å². The van der Waals surface area contributed by atoms with Gasteiger partial charge in [-0.3, -0.25) is 4.79 Å². The van der Waals surface area contributed by atoms with Crippen molar-refractivity contribution in [1.82, 2.24) is 20.1 Å². The van der Waals surface area contributed by atoms with Gasteiger partial charge in [0, 0.05) is 51.6 Å². The molecule has 2 aliphatic rings. The molecule has 0 unspecified atom stereocenters. The first-order valence-electron chi connectivity index (χ1n) is 10.8. The Bertz CT molecular complexity index is 1070. The predicted molar refractivity (Wildman–Crippen MR) is 119 cm³/mol. The number of nitrogens with one attached hydrogen (secondary N) is 1. The van der Waals surface area contributed by atoms with Crippen molar-refractivity contribution in [2.75, 3.05) is 58.3 Å². The van der Waals surface area contributed by atoms with Gasteiger partial charge in [-0.2, -0.15) is 13.2 Å². The van der Waals surface area contributed by atoms with Gasteiger partial charge in [0.25, 0.3) is 5.91 Å². The molecule has 0 aliphatic carbocycles. The Kier molecular flexibility index (Phi) is 6.85. The fraction of sp³-hybridized carbons (Fsp3) is 0.571. The van der Waals surface area contributed by atoms with Gasteiger partial charge in [0.1, 0.15) is 11.9 Å². The highest BCUT2D eigenvalue weighted by atomic mass is 32.1. The molecule has 1 N–H and O–H groups in total. The molecule has 0 saturated carbocycles. The summed E-state index contributed by atoms with van der Waals surface area (Å²) in [5.74, 6) is -0.628. The molecule has 2 aromatic rings. The van der Waals surface area contributed by atoms with Gasteiger partial charge in [-0.05, 0) is 13.1 Å². The molecule has 2 aromatic heterocycles. The monoisotopic (exact) mass is 503 g/mol. The normalized spacial score (nSPS) is 22.2. The van der Waals surface area contributed by atoms with Crippen LogP contribution in [0.4, 0.5) is 28.2 Å².